The Balaban J connectivity index is 1.92. The van der Waals surface area contributed by atoms with E-state index in [-0.39, 0.29) is 29.3 Å². The van der Waals surface area contributed by atoms with Crippen LogP contribution in [-0.4, -0.2) is 27.6 Å². The number of esters is 1. The zero-order valence-electron chi connectivity index (χ0n) is 9.68. The maximum absolute atomic E-state index is 11.7. The third-order valence-corrected chi connectivity index (χ3v) is 4.88. The maximum atomic E-state index is 11.7. The molecular weight excluding hydrogens is 228 g/mol. The van der Waals surface area contributed by atoms with Crippen molar-refractivity contribution in [1.29, 1.82) is 0 Å². The molecule has 1 heterocycles. The van der Waals surface area contributed by atoms with Gasteiger partial charge in [-0.15, -0.1) is 0 Å². The second-order valence-electron chi connectivity index (χ2n) is 4.60. The Kier molecular flexibility index (Phi) is 3.64. The van der Waals surface area contributed by atoms with Crippen LogP contribution in [0.4, 0.5) is 0 Å². The van der Waals surface area contributed by atoms with Crippen LogP contribution in [-0.2, 0) is 24.8 Å². The number of carbonyl (C=O) groups excluding carboxylic acids is 1. The summed E-state index contributed by atoms with van der Waals surface area (Å²) in [5.74, 6) is -0.0488. The fourth-order valence-electron chi connectivity index (χ4n) is 2.15. The van der Waals surface area contributed by atoms with Gasteiger partial charge in [0, 0.05) is 6.42 Å². The second-order valence-corrected chi connectivity index (χ2v) is 6.12. The van der Waals surface area contributed by atoms with E-state index in [4.69, 9.17) is 8.92 Å². The fourth-order valence-corrected chi connectivity index (χ4v) is 3.07. The molecule has 1 aliphatic heterocycles. The van der Waals surface area contributed by atoms with E-state index < -0.39 is 11.1 Å². The largest absolute Gasteiger partial charge is 0.459 e. The molecule has 0 radical (unpaired) electrons. The number of hydrogen-bond donors (Lipinski definition) is 0. The summed E-state index contributed by atoms with van der Waals surface area (Å²) in [5.41, 5.74) is 0. The Labute approximate surface area is 98.3 Å². The van der Waals surface area contributed by atoms with Crippen LogP contribution < -0.4 is 0 Å². The molecule has 2 rings (SSSR count). The van der Waals surface area contributed by atoms with Crippen LogP contribution in [0.15, 0.2) is 0 Å². The van der Waals surface area contributed by atoms with Crippen LogP contribution in [0, 0.1) is 5.92 Å². The summed E-state index contributed by atoms with van der Waals surface area (Å²) in [6.45, 7) is 3.89. The standard InChI is InChI=1S/C11H18O4S/c1-3-7(2)16(13)15-9-5-4-8-6-10(9)14-11(8)12/h7-10H,3-6H2,1-2H3. The van der Waals surface area contributed by atoms with Gasteiger partial charge >= 0.3 is 5.97 Å². The first kappa shape index (κ1) is 12.0. The summed E-state index contributed by atoms with van der Waals surface area (Å²) in [6.07, 6.45) is 2.81. The normalized spacial score (nSPS) is 36.9. The highest BCUT2D eigenvalue weighted by atomic mass is 32.2. The van der Waals surface area contributed by atoms with E-state index in [1.165, 1.54) is 0 Å². The monoisotopic (exact) mass is 246 g/mol. The average molecular weight is 246 g/mol. The van der Waals surface area contributed by atoms with E-state index in [0.29, 0.717) is 0 Å². The van der Waals surface area contributed by atoms with Gasteiger partial charge in [0.25, 0.3) is 0 Å². The molecule has 1 saturated carbocycles. The summed E-state index contributed by atoms with van der Waals surface area (Å²) in [4.78, 5) is 11.3. The molecule has 5 unspecified atom stereocenters. The summed E-state index contributed by atoms with van der Waals surface area (Å²) < 4.78 is 22.5. The molecule has 0 aromatic rings. The molecule has 0 spiro atoms. The maximum Gasteiger partial charge on any atom is 0.309 e. The van der Waals surface area contributed by atoms with Gasteiger partial charge in [0.2, 0.25) is 0 Å². The summed E-state index contributed by atoms with van der Waals surface area (Å²) in [7, 11) is 0. The van der Waals surface area contributed by atoms with Crippen molar-refractivity contribution in [3.8, 4) is 0 Å². The first-order valence-electron chi connectivity index (χ1n) is 5.90. The molecule has 0 aromatic heterocycles. The van der Waals surface area contributed by atoms with Crippen molar-refractivity contribution in [2.24, 2.45) is 5.92 Å². The molecule has 16 heavy (non-hydrogen) atoms. The van der Waals surface area contributed by atoms with Gasteiger partial charge in [-0.3, -0.25) is 8.98 Å². The van der Waals surface area contributed by atoms with E-state index in [2.05, 4.69) is 0 Å². The first-order valence-corrected chi connectivity index (χ1v) is 7.03. The van der Waals surface area contributed by atoms with Gasteiger partial charge in [-0.05, 0) is 26.2 Å². The lowest BCUT2D eigenvalue weighted by Crippen LogP contribution is -2.33. The molecule has 1 aliphatic carbocycles. The quantitative estimate of drug-likeness (QED) is 0.706. The zero-order chi connectivity index (χ0) is 11.7. The summed E-state index contributed by atoms with van der Waals surface area (Å²) in [5, 5.41) is 0.0369. The van der Waals surface area contributed by atoms with Gasteiger partial charge < -0.3 is 4.74 Å². The van der Waals surface area contributed by atoms with Crippen LogP contribution in [0.5, 0.6) is 0 Å². The van der Waals surface area contributed by atoms with E-state index in [9.17, 15) is 9.00 Å². The molecule has 2 aliphatic rings. The molecule has 5 heteroatoms. The minimum atomic E-state index is -1.27. The van der Waals surface area contributed by atoms with Gasteiger partial charge in [-0.1, -0.05) is 6.92 Å². The highest BCUT2D eigenvalue weighted by molar-refractivity contribution is 7.80. The lowest BCUT2D eigenvalue weighted by molar-refractivity contribution is -0.145. The van der Waals surface area contributed by atoms with Crippen molar-refractivity contribution in [3.63, 3.8) is 0 Å². The van der Waals surface area contributed by atoms with Gasteiger partial charge in [0.1, 0.15) is 12.2 Å². The molecule has 0 aromatic carbocycles. The Morgan fingerprint density at radius 2 is 2.31 bits per heavy atom. The van der Waals surface area contributed by atoms with Crippen molar-refractivity contribution in [3.05, 3.63) is 0 Å². The number of carbonyl (C=O) groups is 1. The Hall–Kier alpha value is -0.420. The zero-order valence-corrected chi connectivity index (χ0v) is 10.5. The van der Waals surface area contributed by atoms with E-state index >= 15 is 0 Å². The SMILES string of the molecule is CCC(C)S(=O)OC1CCC2CC1OC2=O. The van der Waals surface area contributed by atoms with Crippen molar-refractivity contribution in [2.45, 2.75) is 57.0 Å². The topological polar surface area (TPSA) is 52.6 Å². The van der Waals surface area contributed by atoms with Crippen molar-refractivity contribution in [1.82, 2.24) is 0 Å². The van der Waals surface area contributed by atoms with E-state index in [0.717, 1.165) is 25.7 Å². The molecule has 4 nitrogen and oxygen atoms in total. The summed E-state index contributed by atoms with van der Waals surface area (Å²) in [6, 6.07) is 0. The predicted octanol–water partition coefficient (Wildman–Crippen LogP) is 1.56. The minimum absolute atomic E-state index is 0.0369. The predicted molar refractivity (Wildman–Crippen MR) is 60.0 cm³/mol. The highest BCUT2D eigenvalue weighted by Crippen LogP contribution is 2.36. The van der Waals surface area contributed by atoms with Gasteiger partial charge in [-0.2, -0.15) is 0 Å². The van der Waals surface area contributed by atoms with Crippen LogP contribution in [0.2, 0.25) is 0 Å². The van der Waals surface area contributed by atoms with Crippen molar-refractivity contribution in [2.75, 3.05) is 0 Å². The number of rotatable bonds is 4. The van der Waals surface area contributed by atoms with Crippen molar-refractivity contribution >= 4 is 17.0 Å². The molecule has 1 saturated heterocycles. The van der Waals surface area contributed by atoms with Crippen molar-refractivity contribution < 1.29 is 17.9 Å². The van der Waals surface area contributed by atoms with E-state index in [1.54, 1.807) is 0 Å². The van der Waals surface area contributed by atoms with Crippen LogP contribution >= 0.6 is 0 Å². The number of hydrogen-bond acceptors (Lipinski definition) is 4. The third-order valence-electron chi connectivity index (χ3n) is 3.45. The molecule has 92 valence electrons. The van der Waals surface area contributed by atoms with Crippen LogP contribution in [0.3, 0.4) is 0 Å². The fraction of sp³-hybridized carbons (Fsp3) is 0.909. The lowest BCUT2D eigenvalue weighted by Gasteiger charge is -2.25. The third kappa shape index (κ3) is 2.30. The van der Waals surface area contributed by atoms with Crippen LogP contribution in [0.1, 0.15) is 39.5 Å². The molecule has 5 atom stereocenters. The van der Waals surface area contributed by atoms with Gasteiger partial charge in [0.15, 0.2) is 11.1 Å². The molecule has 2 bridgehead atoms. The minimum Gasteiger partial charge on any atom is -0.459 e. The van der Waals surface area contributed by atoms with E-state index in [1.807, 2.05) is 13.8 Å². The Morgan fingerprint density at radius 3 is 3.00 bits per heavy atom. The van der Waals surface area contributed by atoms with Gasteiger partial charge in [-0.25, -0.2) is 4.21 Å². The summed E-state index contributed by atoms with van der Waals surface area (Å²) >= 11 is -1.27. The number of fused-ring (bicyclic) bond motifs is 2. The first-order chi connectivity index (χ1) is 7.61. The molecule has 0 amide bonds. The Bertz CT molecular complexity index is 304. The van der Waals surface area contributed by atoms with Gasteiger partial charge in [0.05, 0.1) is 11.2 Å². The average Bonchev–Trinajstić information content (AvgIpc) is 2.58. The smallest absolute Gasteiger partial charge is 0.309 e. The molecule has 0 N–H and O–H groups in total. The molecule has 2 fully saturated rings. The van der Waals surface area contributed by atoms with Crippen LogP contribution in [0.25, 0.3) is 0 Å². The lowest BCUT2D eigenvalue weighted by atomic mass is 9.88. The second kappa shape index (κ2) is 4.84. The molecular formula is C11H18O4S. The highest BCUT2D eigenvalue weighted by Gasteiger charge is 2.44. The Morgan fingerprint density at radius 1 is 1.56 bits per heavy atom. The number of ether oxygens (including phenoxy) is 1.